The molecule has 1 saturated heterocycles. The summed E-state index contributed by atoms with van der Waals surface area (Å²) in [4.78, 5) is 13.2. The highest BCUT2D eigenvalue weighted by Gasteiger charge is 2.63. The van der Waals surface area contributed by atoms with E-state index in [0.717, 1.165) is 32.1 Å². The van der Waals surface area contributed by atoms with E-state index in [1.54, 1.807) is 6.92 Å². The Hall–Kier alpha value is -1.21. The summed E-state index contributed by atoms with van der Waals surface area (Å²) < 4.78 is 5.74. The first-order valence-electron chi connectivity index (χ1n) is 13.7. The van der Waals surface area contributed by atoms with E-state index >= 15 is 0 Å². The fourth-order valence-corrected chi connectivity index (χ4v) is 8.92. The molecule has 0 aromatic rings. The average Bonchev–Trinajstić information content (AvgIpc) is 3.28. The van der Waals surface area contributed by atoms with Crippen LogP contribution in [0.5, 0.6) is 0 Å². The monoisotopic (exact) mass is 488 g/mol. The Morgan fingerprint density at radius 3 is 2.49 bits per heavy atom. The van der Waals surface area contributed by atoms with Crippen LogP contribution in [0.15, 0.2) is 23.3 Å². The molecule has 6 heteroatoms. The van der Waals surface area contributed by atoms with E-state index in [1.165, 1.54) is 11.1 Å². The third-order valence-electron chi connectivity index (χ3n) is 11.1. The molecular formula is C29H44O6. The van der Waals surface area contributed by atoms with Crippen molar-refractivity contribution in [2.45, 2.75) is 110 Å². The molecule has 1 heterocycles. The maximum absolute atomic E-state index is 13.2. The van der Waals surface area contributed by atoms with Gasteiger partial charge < -0.3 is 25.2 Å². The number of aliphatic hydroxyl groups excluding tert-OH is 3. The van der Waals surface area contributed by atoms with Crippen LogP contribution >= 0.6 is 0 Å². The molecule has 0 spiro atoms. The first-order valence-corrected chi connectivity index (χ1v) is 13.7. The van der Waals surface area contributed by atoms with Crippen molar-refractivity contribution in [3.8, 4) is 0 Å². The summed E-state index contributed by atoms with van der Waals surface area (Å²) in [6.07, 6.45) is 7.46. The Labute approximate surface area is 209 Å². The van der Waals surface area contributed by atoms with Gasteiger partial charge >= 0.3 is 5.97 Å². The van der Waals surface area contributed by atoms with Crippen molar-refractivity contribution in [3.63, 3.8) is 0 Å². The highest BCUT2D eigenvalue weighted by molar-refractivity contribution is 5.75. The number of ether oxygens (including phenoxy) is 1. The number of cyclic esters (lactones) is 1. The molecule has 6 nitrogen and oxygen atoms in total. The van der Waals surface area contributed by atoms with Crippen molar-refractivity contribution >= 4 is 5.97 Å². The standard InChI is InChI=1S/C29H44O6/c1-15(2)29(34,16(3)30)24-13-20(26(33)35-24)25-23(32)14-22-19-7-6-17-12-18(31)8-10-27(17,4)21(19)9-11-28(22,25)5/h7,9,15-18,20,22-25,30-32,34H,6,8,10-14H2,1-5H3/t16?,17?,18-,20?,22?,23+,24?,25?,27-,28-,29?/m0/s1. The van der Waals surface area contributed by atoms with Crippen LogP contribution in [0.1, 0.15) is 79.6 Å². The van der Waals surface area contributed by atoms with Crippen molar-refractivity contribution in [3.05, 3.63) is 23.3 Å². The number of allylic oxidation sites excluding steroid dienone is 4. The van der Waals surface area contributed by atoms with Crippen molar-refractivity contribution in [2.24, 2.45) is 40.4 Å². The van der Waals surface area contributed by atoms with Gasteiger partial charge in [0.1, 0.15) is 11.7 Å². The molecule has 1 aliphatic heterocycles. The normalized spacial score (nSPS) is 47.7. The number of hydrogen-bond acceptors (Lipinski definition) is 6. The van der Waals surface area contributed by atoms with Gasteiger partial charge in [-0.25, -0.2) is 0 Å². The van der Waals surface area contributed by atoms with Crippen LogP contribution in [0.4, 0.5) is 0 Å². The minimum atomic E-state index is -1.52. The molecule has 0 aromatic carbocycles. The van der Waals surface area contributed by atoms with E-state index in [4.69, 9.17) is 4.74 Å². The van der Waals surface area contributed by atoms with E-state index in [0.29, 0.717) is 18.8 Å². The Morgan fingerprint density at radius 2 is 1.83 bits per heavy atom. The van der Waals surface area contributed by atoms with Gasteiger partial charge in [-0.2, -0.15) is 0 Å². The number of hydrogen-bond donors (Lipinski definition) is 4. The van der Waals surface area contributed by atoms with Gasteiger partial charge in [-0.3, -0.25) is 4.79 Å². The molecule has 4 aliphatic carbocycles. The van der Waals surface area contributed by atoms with Crippen LogP contribution in [-0.2, 0) is 9.53 Å². The van der Waals surface area contributed by atoms with E-state index < -0.39 is 29.8 Å². The molecule has 0 radical (unpaired) electrons. The van der Waals surface area contributed by atoms with E-state index in [1.807, 2.05) is 13.8 Å². The molecule has 4 N–H and O–H groups in total. The molecule has 0 amide bonds. The zero-order chi connectivity index (χ0) is 25.5. The van der Waals surface area contributed by atoms with Gasteiger partial charge in [0.05, 0.1) is 24.2 Å². The summed E-state index contributed by atoms with van der Waals surface area (Å²) >= 11 is 0. The smallest absolute Gasteiger partial charge is 0.309 e. The lowest BCUT2D eigenvalue weighted by Crippen LogP contribution is -2.55. The summed E-state index contributed by atoms with van der Waals surface area (Å²) in [6.45, 7) is 9.78. The van der Waals surface area contributed by atoms with Gasteiger partial charge in [0.15, 0.2) is 0 Å². The third-order valence-corrected chi connectivity index (χ3v) is 11.1. The summed E-state index contributed by atoms with van der Waals surface area (Å²) in [5.41, 5.74) is 1.03. The second-order valence-corrected chi connectivity index (χ2v) is 13.1. The molecule has 0 aromatic heterocycles. The van der Waals surface area contributed by atoms with Crippen molar-refractivity contribution in [1.29, 1.82) is 0 Å². The fraction of sp³-hybridized carbons (Fsp3) is 0.828. The zero-order valence-corrected chi connectivity index (χ0v) is 21.9. The van der Waals surface area contributed by atoms with Crippen LogP contribution in [0.2, 0.25) is 0 Å². The summed E-state index contributed by atoms with van der Waals surface area (Å²) in [5.74, 6) is -0.770. The predicted octanol–water partition coefficient (Wildman–Crippen LogP) is 3.52. The van der Waals surface area contributed by atoms with E-state index in [2.05, 4.69) is 26.0 Å². The summed E-state index contributed by atoms with van der Waals surface area (Å²) in [5, 5.41) is 43.3. The van der Waals surface area contributed by atoms with Crippen LogP contribution in [0.25, 0.3) is 0 Å². The van der Waals surface area contributed by atoms with Crippen molar-refractivity contribution < 1.29 is 30.0 Å². The summed E-state index contributed by atoms with van der Waals surface area (Å²) in [7, 11) is 0. The van der Waals surface area contributed by atoms with Crippen molar-refractivity contribution in [1.82, 2.24) is 0 Å². The topological polar surface area (TPSA) is 107 Å². The van der Waals surface area contributed by atoms with E-state index in [-0.39, 0.29) is 40.7 Å². The Bertz CT molecular complexity index is 927. The maximum Gasteiger partial charge on any atom is 0.309 e. The minimum absolute atomic E-state index is 0.0656. The van der Waals surface area contributed by atoms with E-state index in [9.17, 15) is 25.2 Å². The van der Waals surface area contributed by atoms with Gasteiger partial charge in [-0.15, -0.1) is 0 Å². The summed E-state index contributed by atoms with van der Waals surface area (Å²) in [6, 6.07) is 0. The molecule has 5 aliphatic rings. The lowest BCUT2D eigenvalue weighted by Gasteiger charge is -2.53. The molecule has 2 saturated carbocycles. The molecule has 7 unspecified atom stereocenters. The molecule has 5 rings (SSSR count). The molecular weight excluding hydrogens is 444 g/mol. The van der Waals surface area contributed by atoms with Crippen LogP contribution in [0.3, 0.4) is 0 Å². The zero-order valence-electron chi connectivity index (χ0n) is 21.9. The Kier molecular flexibility index (Phi) is 6.11. The highest BCUT2D eigenvalue weighted by Crippen LogP contribution is 2.65. The number of carbonyl (C=O) groups excluding carboxylic acids is 1. The van der Waals surface area contributed by atoms with Crippen molar-refractivity contribution in [2.75, 3.05) is 0 Å². The van der Waals surface area contributed by atoms with Gasteiger partial charge in [0.2, 0.25) is 0 Å². The first kappa shape index (κ1) is 25.4. The average molecular weight is 489 g/mol. The molecule has 11 atom stereocenters. The third kappa shape index (κ3) is 3.53. The second-order valence-electron chi connectivity index (χ2n) is 13.1. The SMILES string of the molecule is CC(C)C(O)(C(C)O)C1CC(C2[C@H](O)CC3C4=CCC5C[C@@H](O)CC[C@]5(C)C4=CC[C@@]32C)C(=O)O1. The number of aliphatic hydroxyl groups is 4. The minimum Gasteiger partial charge on any atom is -0.459 e. The Balaban J connectivity index is 1.45. The van der Waals surface area contributed by atoms with Crippen LogP contribution in [-0.4, -0.2) is 56.4 Å². The largest absolute Gasteiger partial charge is 0.459 e. The number of carbonyl (C=O) groups is 1. The van der Waals surface area contributed by atoms with Gasteiger partial charge in [0.25, 0.3) is 0 Å². The maximum atomic E-state index is 13.2. The molecule has 0 bridgehead atoms. The van der Waals surface area contributed by atoms with Crippen LogP contribution < -0.4 is 0 Å². The molecule has 35 heavy (non-hydrogen) atoms. The fourth-order valence-electron chi connectivity index (χ4n) is 8.92. The quantitative estimate of drug-likeness (QED) is 0.451. The van der Waals surface area contributed by atoms with Gasteiger partial charge in [-0.1, -0.05) is 39.8 Å². The first-order chi connectivity index (χ1) is 16.3. The number of fused-ring (bicyclic) bond motifs is 5. The lowest BCUT2D eigenvalue weighted by atomic mass is 9.51. The molecule has 196 valence electrons. The van der Waals surface area contributed by atoms with Gasteiger partial charge in [-0.05, 0) is 85.2 Å². The second kappa shape index (κ2) is 8.41. The number of esters is 1. The number of rotatable bonds is 4. The lowest BCUT2D eigenvalue weighted by molar-refractivity contribution is -0.181. The highest BCUT2D eigenvalue weighted by atomic mass is 16.6. The predicted molar refractivity (Wildman–Crippen MR) is 132 cm³/mol. The Morgan fingerprint density at radius 1 is 1.11 bits per heavy atom. The van der Waals surface area contributed by atoms with Gasteiger partial charge in [0, 0.05) is 12.3 Å². The van der Waals surface area contributed by atoms with Crippen LogP contribution in [0, 0.1) is 40.4 Å². The molecule has 3 fully saturated rings.